The van der Waals surface area contributed by atoms with Gasteiger partial charge in [0.2, 0.25) is 0 Å². The first-order valence-electron chi connectivity index (χ1n) is 5.66. The molecule has 80 valence electrons. The summed E-state index contributed by atoms with van der Waals surface area (Å²) in [4.78, 5) is 2.46. The molecule has 3 rings (SSSR count). The third-order valence-electron chi connectivity index (χ3n) is 3.48. The smallest absolute Gasteiger partial charge is 0.122 e. The lowest BCUT2D eigenvalue weighted by molar-refractivity contribution is 0.110. The first kappa shape index (κ1) is 9.04. The van der Waals surface area contributed by atoms with Gasteiger partial charge in [-0.1, -0.05) is 6.07 Å². The largest absolute Gasteiger partial charge is 0.508 e. The maximum Gasteiger partial charge on any atom is 0.122 e. The number of anilines is 1. The van der Waals surface area contributed by atoms with E-state index < -0.39 is 0 Å². The monoisotopic (exact) mass is 204 g/mol. The molecule has 0 amide bonds. The number of likely N-dealkylation sites (tertiary alicyclic amines) is 1. The minimum Gasteiger partial charge on any atom is -0.508 e. The molecule has 1 atom stereocenters. The van der Waals surface area contributed by atoms with Crippen LogP contribution < -0.4 is 5.32 Å². The summed E-state index contributed by atoms with van der Waals surface area (Å²) in [6.45, 7) is 3.37. The van der Waals surface area contributed by atoms with Crippen molar-refractivity contribution in [3.63, 3.8) is 0 Å². The highest BCUT2D eigenvalue weighted by molar-refractivity contribution is 5.60. The van der Waals surface area contributed by atoms with Gasteiger partial charge in [-0.2, -0.15) is 0 Å². The van der Waals surface area contributed by atoms with Crippen LogP contribution in [0.4, 0.5) is 5.69 Å². The summed E-state index contributed by atoms with van der Waals surface area (Å²) in [5.41, 5.74) is 2.21. The molecule has 15 heavy (non-hydrogen) atoms. The van der Waals surface area contributed by atoms with Crippen molar-refractivity contribution in [2.75, 3.05) is 25.0 Å². The number of rotatable bonds is 1. The molecule has 3 nitrogen and oxygen atoms in total. The lowest BCUT2D eigenvalue weighted by Gasteiger charge is -2.41. The van der Waals surface area contributed by atoms with Crippen molar-refractivity contribution in [3.8, 4) is 5.75 Å². The molecule has 3 heteroatoms. The summed E-state index contributed by atoms with van der Waals surface area (Å²) in [5.74, 6) is 0.441. The second kappa shape index (κ2) is 3.42. The molecule has 0 spiro atoms. The Morgan fingerprint density at radius 3 is 2.93 bits per heavy atom. The predicted molar refractivity (Wildman–Crippen MR) is 60.1 cm³/mol. The Morgan fingerprint density at radius 1 is 1.33 bits per heavy atom. The molecule has 2 heterocycles. The van der Waals surface area contributed by atoms with Crippen molar-refractivity contribution in [2.24, 2.45) is 0 Å². The molecule has 2 aliphatic heterocycles. The third-order valence-corrected chi connectivity index (χ3v) is 3.48. The van der Waals surface area contributed by atoms with Crippen molar-refractivity contribution < 1.29 is 5.11 Å². The van der Waals surface area contributed by atoms with Crippen LogP contribution in [-0.4, -0.2) is 29.6 Å². The molecule has 1 aromatic rings. The average Bonchev–Trinajstić information content (AvgIpc) is 2.15. The fourth-order valence-corrected chi connectivity index (χ4v) is 2.56. The zero-order valence-electron chi connectivity index (χ0n) is 8.74. The van der Waals surface area contributed by atoms with E-state index in [-0.39, 0.29) is 0 Å². The molecule has 1 fully saturated rings. The Kier molecular flexibility index (Phi) is 2.06. The van der Waals surface area contributed by atoms with E-state index in [1.54, 1.807) is 6.07 Å². The van der Waals surface area contributed by atoms with Crippen LogP contribution >= 0.6 is 0 Å². The summed E-state index contributed by atoms with van der Waals surface area (Å²) < 4.78 is 0. The Hall–Kier alpha value is -1.22. The average molecular weight is 204 g/mol. The summed E-state index contributed by atoms with van der Waals surface area (Å²) in [5, 5.41) is 13.3. The molecule has 0 bridgehead atoms. The van der Waals surface area contributed by atoms with Crippen LogP contribution in [0.3, 0.4) is 0 Å². The molecule has 2 aliphatic rings. The van der Waals surface area contributed by atoms with Gasteiger partial charge in [-0.15, -0.1) is 0 Å². The van der Waals surface area contributed by atoms with E-state index in [4.69, 9.17) is 0 Å². The molecule has 1 saturated heterocycles. The standard InChI is InChI=1S/C12H16N2O/c15-11-4-1-3-9-12(11)10(5-6-13-9)14-7-2-8-14/h1,3-4,10,13,15H,2,5-8H2. The van der Waals surface area contributed by atoms with Crippen LogP contribution in [0.15, 0.2) is 18.2 Å². The van der Waals surface area contributed by atoms with Crippen LogP contribution in [0.25, 0.3) is 0 Å². The van der Waals surface area contributed by atoms with Gasteiger partial charge in [0.15, 0.2) is 0 Å². The van der Waals surface area contributed by atoms with Gasteiger partial charge in [0.25, 0.3) is 0 Å². The van der Waals surface area contributed by atoms with E-state index in [1.165, 1.54) is 19.5 Å². The lowest BCUT2D eigenvalue weighted by Crippen LogP contribution is -2.42. The van der Waals surface area contributed by atoms with Crippen LogP contribution in [0.1, 0.15) is 24.4 Å². The van der Waals surface area contributed by atoms with Crippen LogP contribution in [0, 0.1) is 0 Å². The third kappa shape index (κ3) is 1.38. The Morgan fingerprint density at radius 2 is 2.20 bits per heavy atom. The molecule has 1 aromatic carbocycles. The number of phenols is 1. The summed E-state index contributed by atoms with van der Waals surface area (Å²) in [6.07, 6.45) is 2.40. The first-order chi connectivity index (χ1) is 7.36. The number of nitrogens with zero attached hydrogens (tertiary/aromatic N) is 1. The molecule has 2 N–H and O–H groups in total. The topological polar surface area (TPSA) is 35.5 Å². The Bertz CT molecular complexity index is 374. The fourth-order valence-electron chi connectivity index (χ4n) is 2.56. The van der Waals surface area contributed by atoms with Gasteiger partial charge >= 0.3 is 0 Å². The van der Waals surface area contributed by atoms with E-state index in [9.17, 15) is 5.11 Å². The number of phenolic OH excluding ortho intramolecular Hbond substituents is 1. The quantitative estimate of drug-likeness (QED) is 0.734. The minimum absolute atomic E-state index is 0.427. The molecule has 0 aromatic heterocycles. The zero-order valence-corrected chi connectivity index (χ0v) is 8.74. The van der Waals surface area contributed by atoms with Gasteiger partial charge < -0.3 is 10.4 Å². The number of benzene rings is 1. The van der Waals surface area contributed by atoms with Crippen LogP contribution in [-0.2, 0) is 0 Å². The molecule has 0 saturated carbocycles. The number of hydrogen-bond donors (Lipinski definition) is 2. The lowest BCUT2D eigenvalue weighted by atomic mass is 9.93. The van der Waals surface area contributed by atoms with Crippen molar-refractivity contribution in [1.82, 2.24) is 4.90 Å². The molecule has 1 unspecified atom stereocenters. The highest BCUT2D eigenvalue weighted by Gasteiger charge is 2.31. The van der Waals surface area contributed by atoms with Gasteiger partial charge in [-0.25, -0.2) is 0 Å². The first-order valence-corrected chi connectivity index (χ1v) is 5.66. The zero-order chi connectivity index (χ0) is 10.3. The molecular weight excluding hydrogens is 188 g/mol. The highest BCUT2D eigenvalue weighted by Crippen LogP contribution is 2.41. The van der Waals surface area contributed by atoms with Crippen molar-refractivity contribution >= 4 is 5.69 Å². The molecule has 0 radical (unpaired) electrons. The number of nitrogens with one attached hydrogen (secondary N) is 1. The maximum absolute atomic E-state index is 9.93. The minimum atomic E-state index is 0.427. The number of fused-ring (bicyclic) bond motifs is 1. The molecule has 0 aliphatic carbocycles. The van der Waals surface area contributed by atoms with Gasteiger partial charge in [0.05, 0.1) is 0 Å². The van der Waals surface area contributed by atoms with Crippen LogP contribution in [0.5, 0.6) is 5.75 Å². The summed E-state index contributed by atoms with van der Waals surface area (Å²) >= 11 is 0. The predicted octanol–water partition coefficient (Wildman–Crippen LogP) is 1.95. The second-order valence-corrected chi connectivity index (χ2v) is 4.36. The van der Waals surface area contributed by atoms with Crippen molar-refractivity contribution in [1.29, 1.82) is 0 Å². The van der Waals surface area contributed by atoms with Gasteiger partial charge in [-0.3, -0.25) is 4.90 Å². The summed E-state index contributed by atoms with van der Waals surface area (Å²) in [6, 6.07) is 6.18. The maximum atomic E-state index is 9.93. The van der Waals surface area contributed by atoms with Crippen LogP contribution in [0.2, 0.25) is 0 Å². The van der Waals surface area contributed by atoms with E-state index in [0.717, 1.165) is 24.2 Å². The van der Waals surface area contributed by atoms with Gasteiger partial charge in [0.1, 0.15) is 5.75 Å². The fraction of sp³-hybridized carbons (Fsp3) is 0.500. The van der Waals surface area contributed by atoms with E-state index in [1.807, 2.05) is 6.07 Å². The SMILES string of the molecule is Oc1cccc2c1C(N1CCC1)CCN2. The Labute approximate surface area is 89.7 Å². The van der Waals surface area contributed by atoms with Gasteiger partial charge in [0, 0.05) is 23.8 Å². The second-order valence-electron chi connectivity index (χ2n) is 4.36. The Balaban J connectivity index is 2.00. The van der Waals surface area contributed by atoms with Gasteiger partial charge in [-0.05, 0) is 38.1 Å². The number of hydrogen-bond acceptors (Lipinski definition) is 3. The van der Waals surface area contributed by atoms with E-state index in [0.29, 0.717) is 11.8 Å². The van der Waals surface area contributed by atoms with Crippen molar-refractivity contribution in [3.05, 3.63) is 23.8 Å². The highest BCUT2D eigenvalue weighted by atomic mass is 16.3. The molecular formula is C12H16N2O. The normalized spacial score (nSPS) is 25.2. The number of aromatic hydroxyl groups is 1. The van der Waals surface area contributed by atoms with Crippen molar-refractivity contribution in [2.45, 2.75) is 18.9 Å². The summed E-state index contributed by atoms with van der Waals surface area (Å²) in [7, 11) is 0. The van der Waals surface area contributed by atoms with E-state index in [2.05, 4.69) is 16.3 Å². The van der Waals surface area contributed by atoms with E-state index >= 15 is 0 Å².